The van der Waals surface area contributed by atoms with Crippen molar-refractivity contribution in [2.75, 3.05) is 6.54 Å². The molecule has 0 aliphatic carbocycles. The van der Waals surface area contributed by atoms with Crippen molar-refractivity contribution in [1.82, 2.24) is 10.0 Å². The Bertz CT molecular complexity index is 787. The van der Waals surface area contributed by atoms with Gasteiger partial charge in [0.15, 0.2) is 0 Å². The lowest BCUT2D eigenvalue weighted by Gasteiger charge is -2.21. The molecule has 2 aromatic rings. The monoisotopic (exact) mass is 428 g/mol. The van der Waals surface area contributed by atoms with E-state index in [9.17, 15) is 13.2 Å². The molecule has 0 saturated carbocycles. The largest absolute Gasteiger partial charge is 0.469 e. The van der Waals surface area contributed by atoms with Crippen molar-refractivity contribution in [3.05, 3.63) is 52.9 Å². The van der Waals surface area contributed by atoms with Crippen LogP contribution in [0.3, 0.4) is 0 Å². The average Bonchev–Trinajstić information content (AvgIpc) is 3.06. The molecule has 136 valence electrons. The second-order valence-electron chi connectivity index (χ2n) is 5.92. The molecule has 1 aromatic heterocycles. The van der Waals surface area contributed by atoms with Crippen LogP contribution in [0.2, 0.25) is 0 Å². The average molecular weight is 429 g/mol. The van der Waals surface area contributed by atoms with Crippen LogP contribution in [0.1, 0.15) is 19.6 Å². The SMILES string of the molecule is CC(C)[C@H](NS(=O)(=O)c1ccc(Br)cc1)C(=O)NCCc1ccco1. The van der Waals surface area contributed by atoms with Crippen LogP contribution < -0.4 is 10.0 Å². The molecule has 0 saturated heterocycles. The number of hydrogen-bond donors (Lipinski definition) is 2. The second kappa shape index (κ2) is 8.64. The molecule has 0 fully saturated rings. The summed E-state index contributed by atoms with van der Waals surface area (Å²) < 4.78 is 33.5. The van der Waals surface area contributed by atoms with Gasteiger partial charge in [-0.05, 0) is 42.3 Å². The van der Waals surface area contributed by atoms with Gasteiger partial charge in [0.25, 0.3) is 0 Å². The van der Waals surface area contributed by atoms with Crippen LogP contribution in [-0.2, 0) is 21.2 Å². The van der Waals surface area contributed by atoms with E-state index in [1.54, 1.807) is 38.3 Å². The molecule has 2 N–H and O–H groups in total. The zero-order valence-corrected chi connectivity index (χ0v) is 16.4. The van der Waals surface area contributed by atoms with Crippen molar-refractivity contribution in [2.24, 2.45) is 5.92 Å². The number of hydrogen-bond acceptors (Lipinski definition) is 4. The van der Waals surface area contributed by atoms with Crippen LogP contribution in [0.25, 0.3) is 0 Å². The maximum absolute atomic E-state index is 12.5. The van der Waals surface area contributed by atoms with E-state index in [4.69, 9.17) is 4.42 Å². The van der Waals surface area contributed by atoms with Crippen LogP contribution >= 0.6 is 15.9 Å². The summed E-state index contributed by atoms with van der Waals surface area (Å²) in [6.07, 6.45) is 2.11. The highest BCUT2D eigenvalue weighted by Crippen LogP contribution is 2.16. The highest BCUT2D eigenvalue weighted by atomic mass is 79.9. The first-order valence-corrected chi connectivity index (χ1v) is 10.1. The first kappa shape index (κ1) is 19.7. The van der Waals surface area contributed by atoms with Crippen LogP contribution in [0.15, 0.2) is 56.4 Å². The first-order valence-electron chi connectivity index (χ1n) is 7.87. The van der Waals surface area contributed by atoms with Gasteiger partial charge in [-0.25, -0.2) is 8.42 Å². The number of halogens is 1. The quantitative estimate of drug-likeness (QED) is 0.676. The van der Waals surface area contributed by atoms with Crippen LogP contribution in [0, 0.1) is 5.92 Å². The molecule has 0 spiro atoms. The molecular weight excluding hydrogens is 408 g/mol. The fourth-order valence-corrected chi connectivity index (χ4v) is 3.82. The van der Waals surface area contributed by atoms with E-state index in [1.807, 2.05) is 6.07 Å². The van der Waals surface area contributed by atoms with Crippen molar-refractivity contribution in [3.8, 4) is 0 Å². The fraction of sp³-hybridized carbons (Fsp3) is 0.353. The van der Waals surface area contributed by atoms with E-state index in [-0.39, 0.29) is 16.7 Å². The molecule has 1 aromatic carbocycles. The Kier molecular flexibility index (Phi) is 6.80. The summed E-state index contributed by atoms with van der Waals surface area (Å²) in [5.41, 5.74) is 0. The van der Waals surface area contributed by atoms with Gasteiger partial charge in [0.1, 0.15) is 11.8 Å². The van der Waals surface area contributed by atoms with Gasteiger partial charge in [0.05, 0.1) is 11.2 Å². The summed E-state index contributed by atoms with van der Waals surface area (Å²) in [6, 6.07) is 9.00. The summed E-state index contributed by atoms with van der Waals surface area (Å²) in [5, 5.41) is 2.75. The predicted octanol–water partition coefficient (Wildman–Crippen LogP) is 2.70. The molecule has 8 heteroatoms. The van der Waals surface area contributed by atoms with Crippen LogP contribution in [-0.4, -0.2) is 26.9 Å². The molecule has 2 rings (SSSR count). The number of nitrogens with one attached hydrogen (secondary N) is 2. The minimum absolute atomic E-state index is 0.115. The Balaban J connectivity index is 2.01. The summed E-state index contributed by atoms with van der Waals surface area (Å²) in [7, 11) is -3.78. The van der Waals surface area contributed by atoms with Crippen molar-refractivity contribution in [3.63, 3.8) is 0 Å². The van der Waals surface area contributed by atoms with E-state index in [2.05, 4.69) is 26.0 Å². The molecule has 1 heterocycles. The standard InChI is InChI=1S/C17H21BrN2O4S/c1-12(2)16(17(21)19-10-9-14-4-3-11-24-14)20-25(22,23)15-7-5-13(18)6-8-15/h3-8,11-12,16,20H,9-10H2,1-2H3,(H,19,21)/t16-/m0/s1. The highest BCUT2D eigenvalue weighted by Gasteiger charge is 2.28. The Hall–Kier alpha value is -1.64. The third-order valence-corrected chi connectivity index (χ3v) is 5.59. The molecule has 1 amide bonds. The lowest BCUT2D eigenvalue weighted by molar-refractivity contribution is -0.123. The van der Waals surface area contributed by atoms with Gasteiger partial charge in [-0.2, -0.15) is 4.72 Å². The van der Waals surface area contributed by atoms with E-state index < -0.39 is 16.1 Å². The summed E-state index contributed by atoms with van der Waals surface area (Å²) >= 11 is 3.27. The molecule has 0 aliphatic heterocycles. The van der Waals surface area contributed by atoms with Gasteiger partial charge in [0, 0.05) is 17.4 Å². The highest BCUT2D eigenvalue weighted by molar-refractivity contribution is 9.10. The van der Waals surface area contributed by atoms with Gasteiger partial charge in [-0.3, -0.25) is 4.79 Å². The van der Waals surface area contributed by atoms with Gasteiger partial charge < -0.3 is 9.73 Å². The van der Waals surface area contributed by atoms with Gasteiger partial charge in [0.2, 0.25) is 15.9 Å². The maximum Gasteiger partial charge on any atom is 0.241 e. The van der Waals surface area contributed by atoms with Crippen LogP contribution in [0.4, 0.5) is 0 Å². The lowest BCUT2D eigenvalue weighted by Crippen LogP contribution is -2.49. The number of rotatable bonds is 8. The predicted molar refractivity (Wildman–Crippen MR) is 98.5 cm³/mol. The van der Waals surface area contributed by atoms with Gasteiger partial charge in [-0.1, -0.05) is 29.8 Å². The van der Waals surface area contributed by atoms with Crippen molar-refractivity contribution >= 4 is 31.9 Å². The second-order valence-corrected chi connectivity index (χ2v) is 8.55. The van der Waals surface area contributed by atoms with Crippen molar-refractivity contribution in [1.29, 1.82) is 0 Å². The number of furan rings is 1. The Morgan fingerprint density at radius 1 is 1.20 bits per heavy atom. The van der Waals surface area contributed by atoms with Crippen molar-refractivity contribution in [2.45, 2.75) is 31.2 Å². The summed E-state index contributed by atoms with van der Waals surface area (Å²) in [6.45, 7) is 3.96. The smallest absolute Gasteiger partial charge is 0.241 e. The number of carbonyl (C=O) groups excluding carboxylic acids is 1. The summed E-state index contributed by atoms with van der Waals surface area (Å²) in [4.78, 5) is 12.5. The molecule has 6 nitrogen and oxygen atoms in total. The molecule has 25 heavy (non-hydrogen) atoms. The Labute approximate surface area is 156 Å². The third-order valence-electron chi connectivity index (χ3n) is 3.61. The molecule has 0 aliphatic rings. The molecule has 0 unspecified atom stereocenters. The van der Waals surface area contributed by atoms with E-state index in [1.165, 1.54) is 12.1 Å². The number of amides is 1. The minimum Gasteiger partial charge on any atom is -0.469 e. The normalized spacial score (nSPS) is 13.0. The van der Waals surface area contributed by atoms with Crippen molar-refractivity contribution < 1.29 is 17.6 Å². The number of sulfonamides is 1. The molecule has 0 bridgehead atoms. The zero-order chi connectivity index (χ0) is 18.4. The Morgan fingerprint density at radius 3 is 2.44 bits per heavy atom. The molecule has 1 atom stereocenters. The van der Waals surface area contributed by atoms with Gasteiger partial charge in [-0.15, -0.1) is 0 Å². The molecular formula is C17H21BrN2O4S. The third kappa shape index (κ3) is 5.69. The number of benzene rings is 1. The topological polar surface area (TPSA) is 88.4 Å². The summed E-state index contributed by atoms with van der Waals surface area (Å²) in [5.74, 6) is 0.202. The Morgan fingerprint density at radius 2 is 1.88 bits per heavy atom. The molecule has 0 radical (unpaired) electrons. The van der Waals surface area contributed by atoms with Crippen LogP contribution in [0.5, 0.6) is 0 Å². The lowest BCUT2D eigenvalue weighted by atomic mass is 10.1. The van der Waals surface area contributed by atoms with E-state index in [0.717, 1.165) is 10.2 Å². The fourth-order valence-electron chi connectivity index (χ4n) is 2.21. The first-order chi connectivity index (χ1) is 11.8. The minimum atomic E-state index is -3.78. The zero-order valence-electron chi connectivity index (χ0n) is 14.0. The number of carbonyl (C=O) groups is 1. The van der Waals surface area contributed by atoms with Gasteiger partial charge >= 0.3 is 0 Å². The maximum atomic E-state index is 12.5. The van der Waals surface area contributed by atoms with E-state index >= 15 is 0 Å². The van der Waals surface area contributed by atoms with E-state index in [0.29, 0.717) is 13.0 Å².